The van der Waals surface area contributed by atoms with E-state index < -0.39 is 23.2 Å². The van der Waals surface area contributed by atoms with Crippen molar-refractivity contribution < 1.29 is 18.0 Å². The van der Waals surface area contributed by atoms with Crippen molar-refractivity contribution in [3.05, 3.63) is 105 Å². The summed E-state index contributed by atoms with van der Waals surface area (Å²) in [5.41, 5.74) is 0.146. The summed E-state index contributed by atoms with van der Waals surface area (Å²) in [4.78, 5) is 27.9. The molecule has 2 aromatic carbocycles. The lowest BCUT2D eigenvalue weighted by atomic mass is 9.98. The van der Waals surface area contributed by atoms with E-state index in [1.165, 1.54) is 23.3 Å². The van der Waals surface area contributed by atoms with E-state index >= 15 is 0 Å². The minimum atomic E-state index is -0.941. The molecule has 0 saturated carbocycles. The Morgan fingerprint density at radius 3 is 2.66 bits per heavy atom. The Morgan fingerprint density at radius 1 is 1.07 bits per heavy atom. The first-order valence-electron chi connectivity index (χ1n) is 8.88. The maximum absolute atomic E-state index is 14.7. The predicted molar refractivity (Wildman–Crippen MR) is 104 cm³/mol. The Bertz CT molecular complexity index is 1310. The molecular weight excluding hydrogens is 397 g/mol. The average Bonchev–Trinajstić information content (AvgIpc) is 3.31. The van der Waals surface area contributed by atoms with Gasteiger partial charge in [0, 0.05) is 10.6 Å². The largest absolute Gasteiger partial charge is 0.467 e. The zero-order valence-electron chi connectivity index (χ0n) is 14.9. The van der Waals surface area contributed by atoms with E-state index in [1.54, 1.807) is 42.5 Å². The van der Waals surface area contributed by atoms with Crippen LogP contribution in [-0.2, 0) is 6.54 Å². The highest BCUT2D eigenvalue weighted by Gasteiger charge is 2.44. The zero-order valence-corrected chi connectivity index (χ0v) is 15.7. The highest BCUT2D eigenvalue weighted by Crippen LogP contribution is 2.40. The van der Waals surface area contributed by atoms with Crippen molar-refractivity contribution in [3.8, 4) is 0 Å². The molecule has 1 atom stereocenters. The number of hydrogen-bond acceptors (Lipinski definition) is 4. The van der Waals surface area contributed by atoms with Crippen LogP contribution in [-0.4, -0.2) is 10.8 Å². The fraction of sp³-hybridized carbons (Fsp3) is 0.0909. The molecule has 0 unspecified atom stereocenters. The lowest BCUT2D eigenvalue weighted by Gasteiger charge is -2.24. The molecule has 3 heterocycles. The number of furan rings is 1. The molecule has 1 aliphatic heterocycles. The predicted octanol–water partition coefficient (Wildman–Crippen LogP) is 4.92. The van der Waals surface area contributed by atoms with Gasteiger partial charge < -0.3 is 13.7 Å². The summed E-state index contributed by atoms with van der Waals surface area (Å²) in [7, 11) is 0. The molecule has 1 aliphatic rings. The number of carbonyl (C=O) groups excluding carboxylic acids is 1. The molecule has 2 aromatic heterocycles. The third kappa shape index (κ3) is 2.76. The maximum atomic E-state index is 14.7. The lowest BCUT2D eigenvalue weighted by Crippen LogP contribution is -2.29. The van der Waals surface area contributed by atoms with Crippen molar-refractivity contribution in [2.45, 2.75) is 12.6 Å². The molecule has 144 valence electrons. The van der Waals surface area contributed by atoms with Gasteiger partial charge in [0.25, 0.3) is 5.91 Å². The number of nitrogens with zero attached hydrogens (tertiary/aromatic N) is 1. The number of carbonyl (C=O) groups is 1. The molecule has 5 rings (SSSR count). The van der Waals surface area contributed by atoms with Gasteiger partial charge in [-0.1, -0.05) is 29.8 Å². The van der Waals surface area contributed by atoms with Gasteiger partial charge in [0.1, 0.15) is 17.2 Å². The van der Waals surface area contributed by atoms with Gasteiger partial charge in [0.05, 0.1) is 29.8 Å². The van der Waals surface area contributed by atoms with Crippen LogP contribution in [0.15, 0.2) is 74.5 Å². The number of rotatable bonds is 3. The van der Waals surface area contributed by atoms with Gasteiger partial charge in [-0.2, -0.15) is 0 Å². The van der Waals surface area contributed by atoms with Crippen LogP contribution in [0, 0.1) is 5.82 Å². The van der Waals surface area contributed by atoms with Crippen LogP contribution in [0.25, 0.3) is 11.0 Å². The van der Waals surface area contributed by atoms with E-state index in [-0.39, 0.29) is 34.4 Å². The number of benzene rings is 2. The van der Waals surface area contributed by atoms with Gasteiger partial charge in [-0.05, 0) is 36.4 Å². The lowest BCUT2D eigenvalue weighted by molar-refractivity contribution is 0.0699. The van der Waals surface area contributed by atoms with Crippen LogP contribution in [0.1, 0.15) is 33.5 Å². The molecule has 4 aromatic rings. The first kappa shape index (κ1) is 17.7. The Kier molecular flexibility index (Phi) is 4.03. The van der Waals surface area contributed by atoms with Gasteiger partial charge in [-0.3, -0.25) is 9.59 Å². The van der Waals surface area contributed by atoms with Gasteiger partial charge in [-0.25, -0.2) is 4.39 Å². The Hall–Kier alpha value is -3.38. The Morgan fingerprint density at radius 2 is 1.90 bits per heavy atom. The maximum Gasteiger partial charge on any atom is 0.291 e. The van der Waals surface area contributed by atoms with Crippen LogP contribution in [0.2, 0.25) is 5.02 Å². The molecule has 0 saturated heterocycles. The van der Waals surface area contributed by atoms with Crippen molar-refractivity contribution in [1.82, 2.24) is 4.90 Å². The smallest absolute Gasteiger partial charge is 0.291 e. The van der Waals surface area contributed by atoms with Crippen LogP contribution in [0.4, 0.5) is 4.39 Å². The minimum Gasteiger partial charge on any atom is -0.467 e. The van der Waals surface area contributed by atoms with E-state index in [1.807, 2.05) is 0 Å². The van der Waals surface area contributed by atoms with Crippen LogP contribution >= 0.6 is 11.6 Å². The first-order valence-corrected chi connectivity index (χ1v) is 9.26. The molecule has 0 fully saturated rings. The summed E-state index contributed by atoms with van der Waals surface area (Å²) in [5.74, 6) is -0.607. The van der Waals surface area contributed by atoms with Gasteiger partial charge in [0.2, 0.25) is 5.76 Å². The Labute approximate surface area is 168 Å². The van der Waals surface area contributed by atoms with Gasteiger partial charge in [-0.15, -0.1) is 0 Å². The summed E-state index contributed by atoms with van der Waals surface area (Å²) in [6.07, 6.45) is 1.49. The molecular formula is C22H13ClFNO4. The third-order valence-corrected chi connectivity index (χ3v) is 5.27. The summed E-state index contributed by atoms with van der Waals surface area (Å²) < 4.78 is 25.9. The topological polar surface area (TPSA) is 63.7 Å². The fourth-order valence-electron chi connectivity index (χ4n) is 3.75. The molecule has 0 aliphatic carbocycles. The second-order valence-electron chi connectivity index (χ2n) is 6.75. The van der Waals surface area contributed by atoms with Crippen LogP contribution in [0.5, 0.6) is 0 Å². The Balaban J connectivity index is 1.78. The number of halogens is 2. The second-order valence-corrected chi connectivity index (χ2v) is 7.19. The van der Waals surface area contributed by atoms with Gasteiger partial charge in [0.15, 0.2) is 5.43 Å². The van der Waals surface area contributed by atoms with E-state index in [2.05, 4.69) is 0 Å². The van der Waals surface area contributed by atoms with Crippen molar-refractivity contribution in [2.24, 2.45) is 0 Å². The molecule has 29 heavy (non-hydrogen) atoms. The molecule has 5 nitrogen and oxygen atoms in total. The van der Waals surface area contributed by atoms with Gasteiger partial charge >= 0.3 is 0 Å². The van der Waals surface area contributed by atoms with E-state index in [9.17, 15) is 14.0 Å². The highest BCUT2D eigenvalue weighted by atomic mass is 35.5. The zero-order chi connectivity index (χ0) is 20.1. The SMILES string of the molecule is O=C1c2oc3ccc(Cl)cc3c(=O)c2[C@@H](c2ccccc2F)N1Cc1ccco1. The standard InChI is InChI=1S/C22H13ClFNO4/c23-12-7-8-17-15(10-12)20(26)18-19(14-5-1-2-6-16(14)24)25(22(27)21(18)29-17)11-13-4-3-9-28-13/h1-10,19H,11H2/t19-/m1/s1. The summed E-state index contributed by atoms with van der Waals surface area (Å²) >= 11 is 6.04. The van der Waals surface area contributed by atoms with E-state index in [0.29, 0.717) is 10.8 Å². The highest BCUT2D eigenvalue weighted by molar-refractivity contribution is 6.31. The second kappa shape index (κ2) is 6.60. The van der Waals surface area contributed by atoms with Crippen molar-refractivity contribution in [2.75, 3.05) is 0 Å². The average molecular weight is 410 g/mol. The third-order valence-electron chi connectivity index (χ3n) is 5.03. The first-order chi connectivity index (χ1) is 14.0. The normalized spacial score (nSPS) is 15.9. The van der Waals surface area contributed by atoms with Crippen LogP contribution < -0.4 is 5.43 Å². The van der Waals surface area contributed by atoms with Crippen molar-refractivity contribution in [1.29, 1.82) is 0 Å². The molecule has 0 N–H and O–H groups in total. The molecule has 0 radical (unpaired) electrons. The number of hydrogen-bond donors (Lipinski definition) is 0. The van der Waals surface area contributed by atoms with E-state index in [4.69, 9.17) is 20.4 Å². The number of amides is 1. The number of fused-ring (bicyclic) bond motifs is 2. The molecule has 0 spiro atoms. The van der Waals surface area contributed by atoms with Crippen molar-refractivity contribution in [3.63, 3.8) is 0 Å². The quantitative estimate of drug-likeness (QED) is 0.481. The summed E-state index contributed by atoms with van der Waals surface area (Å²) in [5, 5.41) is 0.606. The van der Waals surface area contributed by atoms with E-state index in [0.717, 1.165) is 0 Å². The molecule has 7 heteroatoms. The van der Waals surface area contributed by atoms with Crippen LogP contribution in [0.3, 0.4) is 0 Å². The monoisotopic (exact) mass is 409 g/mol. The molecule has 0 bridgehead atoms. The summed E-state index contributed by atoms with van der Waals surface area (Å²) in [6, 6.07) is 13.1. The minimum absolute atomic E-state index is 0.0611. The summed E-state index contributed by atoms with van der Waals surface area (Å²) in [6.45, 7) is 0.0611. The fourth-order valence-corrected chi connectivity index (χ4v) is 3.92. The molecule has 1 amide bonds. The van der Waals surface area contributed by atoms with Crippen molar-refractivity contribution >= 4 is 28.5 Å².